The van der Waals surface area contributed by atoms with Crippen molar-refractivity contribution in [1.82, 2.24) is 35.1 Å². The molecule has 0 radical (unpaired) electrons. The minimum atomic E-state index is -0.0449. The quantitative estimate of drug-likeness (QED) is 0.277. The summed E-state index contributed by atoms with van der Waals surface area (Å²) in [5, 5.41) is 10.4. The predicted octanol–water partition coefficient (Wildman–Crippen LogP) is 5.09. The summed E-state index contributed by atoms with van der Waals surface area (Å²) in [6.45, 7) is 2.17. The van der Waals surface area contributed by atoms with Crippen LogP contribution in [0.4, 0.5) is 5.69 Å². The molecule has 0 saturated heterocycles. The molecule has 5 aromatic heterocycles. The summed E-state index contributed by atoms with van der Waals surface area (Å²) in [6, 6.07) is 13.3. The van der Waals surface area contributed by atoms with E-state index in [4.69, 9.17) is 19.4 Å². The van der Waals surface area contributed by atoms with Crippen LogP contribution >= 0.6 is 0 Å². The number of rotatable bonds is 6. The molecule has 11 heteroatoms. The second kappa shape index (κ2) is 9.21. The van der Waals surface area contributed by atoms with Crippen LogP contribution in [0.25, 0.3) is 56.1 Å². The molecule has 7 rings (SSSR count). The molecule has 0 spiro atoms. The molecule has 0 unspecified atom stereocenters. The molecule has 0 aliphatic carbocycles. The molecule has 1 aliphatic rings. The van der Waals surface area contributed by atoms with Crippen molar-refractivity contribution in [1.29, 1.82) is 0 Å². The van der Waals surface area contributed by atoms with E-state index in [1.54, 1.807) is 18.6 Å². The van der Waals surface area contributed by atoms with Gasteiger partial charge in [-0.15, -0.1) is 0 Å². The van der Waals surface area contributed by atoms with E-state index in [-0.39, 0.29) is 12.7 Å². The van der Waals surface area contributed by atoms with Gasteiger partial charge in [0.05, 0.1) is 34.3 Å². The number of ether oxygens (including phenoxy) is 2. The lowest BCUT2D eigenvalue weighted by molar-refractivity contribution is -0.116. The van der Waals surface area contributed by atoms with Crippen LogP contribution in [0.3, 0.4) is 0 Å². The Morgan fingerprint density at radius 2 is 1.85 bits per heavy atom. The maximum Gasteiger partial charge on any atom is 0.231 e. The Bertz CT molecular complexity index is 1880. The van der Waals surface area contributed by atoms with Crippen molar-refractivity contribution in [3.05, 3.63) is 61.1 Å². The van der Waals surface area contributed by atoms with Gasteiger partial charge in [-0.05, 0) is 48.9 Å². The summed E-state index contributed by atoms with van der Waals surface area (Å²) in [5.41, 5.74) is 7.22. The minimum absolute atomic E-state index is 0.0449. The zero-order valence-corrected chi connectivity index (χ0v) is 20.9. The number of carbonyl (C=O) groups is 1. The van der Waals surface area contributed by atoms with E-state index in [1.807, 2.05) is 49.4 Å². The van der Waals surface area contributed by atoms with Crippen LogP contribution in [0.1, 0.15) is 19.8 Å². The van der Waals surface area contributed by atoms with Crippen LogP contribution in [0.2, 0.25) is 0 Å². The minimum Gasteiger partial charge on any atom is -0.454 e. The third-order valence-corrected chi connectivity index (χ3v) is 6.47. The molecule has 0 fully saturated rings. The highest BCUT2D eigenvalue weighted by molar-refractivity contribution is 5.95. The van der Waals surface area contributed by atoms with Gasteiger partial charge in [-0.2, -0.15) is 5.10 Å². The third-order valence-electron chi connectivity index (χ3n) is 6.47. The number of imidazole rings is 1. The molecular formula is C28H22N8O3. The standard InChI is InChI=1S/C28H22N8O3/c1-2-3-23(37)31-17-10-16(12-29-13-17)18-5-6-20-26(32-18)27(36-35-20)28-33-19-8-9-30-24(25(19)34-28)15-4-7-21-22(11-15)39-14-38-21/h4-13H,2-3,14H2,1H3,(H,31,37)(H,33,34)(H,35,36). The van der Waals surface area contributed by atoms with E-state index < -0.39 is 0 Å². The van der Waals surface area contributed by atoms with E-state index in [9.17, 15) is 4.79 Å². The Morgan fingerprint density at radius 3 is 2.77 bits per heavy atom. The van der Waals surface area contributed by atoms with Gasteiger partial charge in [0.25, 0.3) is 0 Å². The fourth-order valence-corrected chi connectivity index (χ4v) is 4.63. The molecule has 1 aromatic carbocycles. The number of aromatic amines is 2. The molecule has 11 nitrogen and oxygen atoms in total. The maximum atomic E-state index is 12.0. The largest absolute Gasteiger partial charge is 0.454 e. The molecule has 192 valence electrons. The third kappa shape index (κ3) is 4.09. The lowest BCUT2D eigenvalue weighted by Crippen LogP contribution is -2.10. The Kier molecular flexibility index (Phi) is 5.39. The molecule has 0 saturated carbocycles. The number of nitrogens with one attached hydrogen (secondary N) is 3. The molecule has 0 atom stereocenters. The van der Waals surface area contributed by atoms with Crippen LogP contribution in [0.5, 0.6) is 11.5 Å². The van der Waals surface area contributed by atoms with Gasteiger partial charge < -0.3 is 19.8 Å². The predicted molar refractivity (Wildman–Crippen MR) is 145 cm³/mol. The number of hydrogen-bond donors (Lipinski definition) is 3. The lowest BCUT2D eigenvalue weighted by Gasteiger charge is -2.06. The summed E-state index contributed by atoms with van der Waals surface area (Å²) in [7, 11) is 0. The second-order valence-electron chi connectivity index (χ2n) is 9.13. The monoisotopic (exact) mass is 518 g/mol. The number of benzene rings is 1. The first kappa shape index (κ1) is 22.8. The average Bonchev–Trinajstić information content (AvgIpc) is 3.70. The molecular weight excluding hydrogens is 496 g/mol. The normalized spacial score (nSPS) is 12.3. The SMILES string of the molecule is CCCC(=O)Nc1cncc(-c2ccc3[nH]nc(-c4nc5c(-c6ccc7c(c6)OCO7)nccc5[nH]4)c3n2)c1. The first-order valence-electron chi connectivity index (χ1n) is 12.5. The van der Waals surface area contributed by atoms with Crippen molar-refractivity contribution in [3.8, 4) is 45.5 Å². The van der Waals surface area contributed by atoms with Crippen molar-refractivity contribution in [3.63, 3.8) is 0 Å². The zero-order chi connectivity index (χ0) is 26.3. The Hall–Kier alpha value is -5.32. The van der Waals surface area contributed by atoms with Gasteiger partial charge >= 0.3 is 0 Å². The number of fused-ring (bicyclic) bond motifs is 3. The maximum absolute atomic E-state index is 12.0. The van der Waals surface area contributed by atoms with E-state index in [2.05, 4.69) is 30.5 Å². The molecule has 6 heterocycles. The number of anilines is 1. The number of aromatic nitrogens is 7. The zero-order valence-electron chi connectivity index (χ0n) is 20.9. The van der Waals surface area contributed by atoms with Gasteiger partial charge in [0.2, 0.25) is 12.7 Å². The van der Waals surface area contributed by atoms with Gasteiger partial charge in [0.1, 0.15) is 11.0 Å². The molecule has 0 bridgehead atoms. The van der Waals surface area contributed by atoms with Gasteiger partial charge in [0, 0.05) is 29.9 Å². The van der Waals surface area contributed by atoms with E-state index in [0.717, 1.165) is 34.3 Å². The van der Waals surface area contributed by atoms with Crippen LogP contribution in [0.15, 0.2) is 61.1 Å². The lowest BCUT2D eigenvalue weighted by atomic mass is 10.1. The number of amides is 1. The summed E-state index contributed by atoms with van der Waals surface area (Å²) in [4.78, 5) is 34.0. The van der Waals surface area contributed by atoms with Gasteiger partial charge in [-0.1, -0.05) is 6.92 Å². The summed E-state index contributed by atoms with van der Waals surface area (Å²) >= 11 is 0. The molecule has 1 amide bonds. The van der Waals surface area contributed by atoms with Crippen LogP contribution in [0, 0.1) is 0 Å². The first-order chi connectivity index (χ1) is 19.2. The van der Waals surface area contributed by atoms with Crippen molar-refractivity contribution >= 4 is 33.7 Å². The van der Waals surface area contributed by atoms with E-state index in [0.29, 0.717) is 51.9 Å². The Balaban J connectivity index is 1.27. The fourth-order valence-electron chi connectivity index (χ4n) is 4.63. The van der Waals surface area contributed by atoms with Gasteiger partial charge in [0.15, 0.2) is 23.0 Å². The van der Waals surface area contributed by atoms with Crippen LogP contribution in [-0.4, -0.2) is 47.8 Å². The Labute approximate surface area is 221 Å². The topological polar surface area (TPSA) is 144 Å². The van der Waals surface area contributed by atoms with Crippen molar-refractivity contribution < 1.29 is 14.3 Å². The Morgan fingerprint density at radius 1 is 0.949 bits per heavy atom. The van der Waals surface area contributed by atoms with Gasteiger partial charge in [-0.3, -0.25) is 19.9 Å². The van der Waals surface area contributed by atoms with E-state index >= 15 is 0 Å². The fraction of sp³-hybridized carbons (Fsp3) is 0.143. The van der Waals surface area contributed by atoms with Crippen molar-refractivity contribution in [2.45, 2.75) is 19.8 Å². The molecule has 3 N–H and O–H groups in total. The summed E-state index contributed by atoms with van der Waals surface area (Å²) < 4.78 is 11.0. The van der Waals surface area contributed by atoms with E-state index in [1.165, 1.54) is 0 Å². The molecule has 39 heavy (non-hydrogen) atoms. The van der Waals surface area contributed by atoms with Gasteiger partial charge in [-0.25, -0.2) is 9.97 Å². The smallest absolute Gasteiger partial charge is 0.231 e. The second-order valence-corrected chi connectivity index (χ2v) is 9.13. The first-order valence-corrected chi connectivity index (χ1v) is 12.5. The number of pyridine rings is 3. The number of hydrogen-bond acceptors (Lipinski definition) is 8. The number of nitrogens with zero attached hydrogens (tertiary/aromatic N) is 5. The highest BCUT2D eigenvalue weighted by atomic mass is 16.7. The average molecular weight is 519 g/mol. The number of H-pyrrole nitrogens is 2. The highest BCUT2D eigenvalue weighted by Crippen LogP contribution is 2.37. The van der Waals surface area contributed by atoms with Crippen LogP contribution in [-0.2, 0) is 4.79 Å². The summed E-state index contributed by atoms with van der Waals surface area (Å²) in [6.07, 6.45) is 6.31. The van der Waals surface area contributed by atoms with Crippen molar-refractivity contribution in [2.24, 2.45) is 0 Å². The summed E-state index contributed by atoms with van der Waals surface area (Å²) in [5.74, 6) is 1.91. The molecule has 6 aromatic rings. The number of carbonyl (C=O) groups excluding carboxylic acids is 1. The van der Waals surface area contributed by atoms with Crippen molar-refractivity contribution in [2.75, 3.05) is 12.1 Å². The molecule has 1 aliphatic heterocycles. The highest BCUT2D eigenvalue weighted by Gasteiger charge is 2.19. The van der Waals surface area contributed by atoms with Crippen LogP contribution < -0.4 is 14.8 Å².